The molecular formula is C15H24N6. The Kier molecular flexibility index (Phi) is 4.77. The molecule has 0 bridgehead atoms. The van der Waals surface area contributed by atoms with E-state index in [4.69, 9.17) is 0 Å². The number of anilines is 2. The molecule has 0 unspecified atom stereocenters. The molecule has 6 nitrogen and oxygen atoms in total. The zero-order valence-electron chi connectivity index (χ0n) is 13.5. The Morgan fingerprint density at radius 3 is 2.24 bits per heavy atom. The summed E-state index contributed by atoms with van der Waals surface area (Å²) < 4.78 is 1.91. The normalized spacial score (nSPS) is 10.7. The molecule has 0 aliphatic rings. The van der Waals surface area contributed by atoms with Crippen LogP contribution >= 0.6 is 0 Å². The molecule has 0 saturated heterocycles. The fourth-order valence-electron chi connectivity index (χ4n) is 2.46. The third-order valence-corrected chi connectivity index (χ3v) is 3.73. The molecule has 0 atom stereocenters. The van der Waals surface area contributed by atoms with Gasteiger partial charge in [0, 0.05) is 37.0 Å². The van der Waals surface area contributed by atoms with E-state index in [1.54, 1.807) is 6.33 Å². The van der Waals surface area contributed by atoms with E-state index in [1.807, 2.05) is 18.7 Å². The lowest BCUT2D eigenvalue weighted by molar-refractivity contribution is 0.730. The molecule has 0 aliphatic carbocycles. The highest BCUT2D eigenvalue weighted by atomic mass is 15.3. The van der Waals surface area contributed by atoms with Gasteiger partial charge in [0.15, 0.2) is 0 Å². The molecule has 0 fully saturated rings. The van der Waals surface area contributed by atoms with Gasteiger partial charge in [-0.2, -0.15) is 5.10 Å². The van der Waals surface area contributed by atoms with E-state index < -0.39 is 0 Å². The lowest BCUT2D eigenvalue weighted by Crippen LogP contribution is -2.10. The summed E-state index contributed by atoms with van der Waals surface area (Å²) in [6.07, 6.45) is 2.49. The topological polar surface area (TPSA) is 67.7 Å². The second-order valence-corrected chi connectivity index (χ2v) is 5.06. The first kappa shape index (κ1) is 15.3. The summed E-state index contributed by atoms with van der Waals surface area (Å²) >= 11 is 0. The average Bonchev–Trinajstić information content (AvgIpc) is 2.71. The van der Waals surface area contributed by atoms with Crippen molar-refractivity contribution in [1.82, 2.24) is 19.7 Å². The minimum atomic E-state index is 0.723. The molecule has 0 amide bonds. The summed E-state index contributed by atoms with van der Waals surface area (Å²) in [7, 11) is 1.97. The molecule has 0 radical (unpaired) electrons. The van der Waals surface area contributed by atoms with Crippen molar-refractivity contribution in [1.29, 1.82) is 0 Å². The van der Waals surface area contributed by atoms with Crippen LogP contribution in [0.1, 0.15) is 36.4 Å². The third kappa shape index (κ3) is 3.15. The van der Waals surface area contributed by atoms with Crippen molar-refractivity contribution < 1.29 is 0 Å². The lowest BCUT2D eigenvalue weighted by Gasteiger charge is -2.14. The van der Waals surface area contributed by atoms with Crippen LogP contribution in [-0.2, 0) is 20.0 Å². The first-order valence-corrected chi connectivity index (χ1v) is 7.39. The fourth-order valence-corrected chi connectivity index (χ4v) is 2.46. The first-order valence-electron chi connectivity index (χ1n) is 7.39. The van der Waals surface area contributed by atoms with Gasteiger partial charge >= 0.3 is 0 Å². The van der Waals surface area contributed by atoms with Crippen LogP contribution in [0.4, 0.5) is 11.6 Å². The third-order valence-electron chi connectivity index (χ3n) is 3.73. The fraction of sp³-hybridized carbons (Fsp3) is 0.533. The second kappa shape index (κ2) is 6.56. The van der Waals surface area contributed by atoms with Crippen molar-refractivity contribution in [2.24, 2.45) is 7.05 Å². The molecule has 2 rings (SSSR count). The van der Waals surface area contributed by atoms with Gasteiger partial charge in [0.2, 0.25) is 0 Å². The minimum absolute atomic E-state index is 0.723. The van der Waals surface area contributed by atoms with Crippen LogP contribution in [0.5, 0.6) is 0 Å². The van der Waals surface area contributed by atoms with Crippen LogP contribution in [0.3, 0.4) is 0 Å². The molecule has 114 valence electrons. The Labute approximate surface area is 126 Å². The SMILES string of the molecule is CCNc1ncnc(NCc2c(C)nn(C)c2C)c1CC. The van der Waals surface area contributed by atoms with E-state index in [0.29, 0.717) is 0 Å². The molecule has 2 aromatic heterocycles. The molecule has 0 spiro atoms. The molecule has 0 saturated carbocycles. The van der Waals surface area contributed by atoms with Crippen LogP contribution in [0.25, 0.3) is 0 Å². The van der Waals surface area contributed by atoms with Gasteiger partial charge in [-0.25, -0.2) is 9.97 Å². The summed E-state index contributed by atoms with van der Waals surface area (Å²) in [5.41, 5.74) is 4.59. The number of aryl methyl sites for hydroxylation is 2. The summed E-state index contributed by atoms with van der Waals surface area (Å²) in [6, 6.07) is 0. The number of hydrogen-bond acceptors (Lipinski definition) is 5. The van der Waals surface area contributed by atoms with Gasteiger partial charge in [0.25, 0.3) is 0 Å². The molecular weight excluding hydrogens is 264 g/mol. The highest BCUT2D eigenvalue weighted by molar-refractivity contribution is 5.57. The predicted molar refractivity (Wildman–Crippen MR) is 85.6 cm³/mol. The van der Waals surface area contributed by atoms with E-state index in [9.17, 15) is 0 Å². The summed E-state index contributed by atoms with van der Waals surface area (Å²) in [6.45, 7) is 9.88. The maximum atomic E-state index is 4.44. The van der Waals surface area contributed by atoms with Crippen LogP contribution in [0.2, 0.25) is 0 Å². The molecule has 21 heavy (non-hydrogen) atoms. The quantitative estimate of drug-likeness (QED) is 0.854. The number of hydrogen-bond donors (Lipinski definition) is 2. The standard InChI is InChI=1S/C15H24N6/c1-6-12-14(16-7-2)18-9-19-15(12)17-8-13-10(3)20-21(5)11(13)4/h9H,6-8H2,1-5H3,(H2,16,17,18,19). The number of rotatable bonds is 6. The van der Waals surface area contributed by atoms with E-state index in [-0.39, 0.29) is 0 Å². The predicted octanol–water partition coefficient (Wildman–Crippen LogP) is 2.43. The van der Waals surface area contributed by atoms with Crippen LogP contribution in [0.15, 0.2) is 6.33 Å². The largest absolute Gasteiger partial charge is 0.370 e. The smallest absolute Gasteiger partial charge is 0.134 e. The van der Waals surface area contributed by atoms with Gasteiger partial charge < -0.3 is 10.6 Å². The van der Waals surface area contributed by atoms with Crippen molar-refractivity contribution in [2.75, 3.05) is 17.2 Å². The van der Waals surface area contributed by atoms with E-state index >= 15 is 0 Å². The van der Waals surface area contributed by atoms with E-state index in [2.05, 4.69) is 46.5 Å². The van der Waals surface area contributed by atoms with Gasteiger partial charge in [0.05, 0.1) is 5.69 Å². The zero-order chi connectivity index (χ0) is 15.4. The maximum Gasteiger partial charge on any atom is 0.134 e. The van der Waals surface area contributed by atoms with Crippen molar-refractivity contribution in [2.45, 2.75) is 40.7 Å². The Balaban J connectivity index is 2.22. The van der Waals surface area contributed by atoms with Crippen molar-refractivity contribution in [3.63, 3.8) is 0 Å². The summed E-state index contributed by atoms with van der Waals surface area (Å²) in [5, 5.41) is 11.2. The Morgan fingerprint density at radius 2 is 1.71 bits per heavy atom. The maximum absolute atomic E-state index is 4.44. The van der Waals surface area contributed by atoms with Gasteiger partial charge in [-0.1, -0.05) is 6.92 Å². The van der Waals surface area contributed by atoms with Crippen LogP contribution in [0, 0.1) is 13.8 Å². The molecule has 0 aromatic carbocycles. The van der Waals surface area contributed by atoms with Crippen molar-refractivity contribution in [3.8, 4) is 0 Å². The van der Waals surface area contributed by atoms with Crippen LogP contribution < -0.4 is 10.6 Å². The van der Waals surface area contributed by atoms with Gasteiger partial charge in [-0.05, 0) is 27.2 Å². The van der Waals surface area contributed by atoms with Gasteiger partial charge in [-0.15, -0.1) is 0 Å². The zero-order valence-corrected chi connectivity index (χ0v) is 13.5. The van der Waals surface area contributed by atoms with Crippen molar-refractivity contribution in [3.05, 3.63) is 28.8 Å². The molecule has 2 heterocycles. The number of nitrogens with one attached hydrogen (secondary N) is 2. The molecule has 2 N–H and O–H groups in total. The minimum Gasteiger partial charge on any atom is -0.370 e. The summed E-state index contributed by atoms with van der Waals surface area (Å²) in [5.74, 6) is 1.81. The first-order chi connectivity index (χ1) is 10.1. The van der Waals surface area contributed by atoms with Gasteiger partial charge in [-0.3, -0.25) is 4.68 Å². The average molecular weight is 288 g/mol. The Bertz CT molecular complexity index is 617. The second-order valence-electron chi connectivity index (χ2n) is 5.06. The monoisotopic (exact) mass is 288 g/mol. The summed E-state index contributed by atoms with van der Waals surface area (Å²) in [4.78, 5) is 8.70. The van der Waals surface area contributed by atoms with E-state index in [0.717, 1.165) is 42.4 Å². The molecule has 6 heteroatoms. The Hall–Kier alpha value is -2.11. The highest BCUT2D eigenvalue weighted by Crippen LogP contribution is 2.22. The molecule has 0 aliphatic heterocycles. The van der Waals surface area contributed by atoms with Gasteiger partial charge in [0.1, 0.15) is 18.0 Å². The Morgan fingerprint density at radius 1 is 1.05 bits per heavy atom. The molecule has 2 aromatic rings. The highest BCUT2D eigenvalue weighted by Gasteiger charge is 2.12. The van der Waals surface area contributed by atoms with E-state index in [1.165, 1.54) is 11.3 Å². The number of aromatic nitrogens is 4. The van der Waals surface area contributed by atoms with Crippen LogP contribution in [-0.4, -0.2) is 26.3 Å². The lowest BCUT2D eigenvalue weighted by atomic mass is 10.1. The van der Waals surface area contributed by atoms with Crippen molar-refractivity contribution >= 4 is 11.6 Å². The number of nitrogens with zero attached hydrogens (tertiary/aromatic N) is 4.